The summed E-state index contributed by atoms with van der Waals surface area (Å²) in [5.41, 5.74) is 7.98. The molecule has 0 saturated carbocycles. The normalized spacial score (nSPS) is 14.1. The molecule has 1 heterocycles. The molecule has 2 rings (SSSR count). The van der Waals surface area contributed by atoms with Crippen LogP contribution >= 0.6 is 27.3 Å². The molecule has 0 spiro atoms. The smallest absolute Gasteiger partial charge is 0.122 e. The minimum absolute atomic E-state index is 0.195. The fourth-order valence-electron chi connectivity index (χ4n) is 2.27. The van der Waals surface area contributed by atoms with E-state index >= 15 is 0 Å². The van der Waals surface area contributed by atoms with Crippen LogP contribution in [0.15, 0.2) is 34.1 Å². The predicted octanol–water partition coefficient (Wildman–Crippen LogP) is 3.60. The number of halogens is 1. The first-order chi connectivity index (χ1) is 9.58. The zero-order chi connectivity index (χ0) is 14.7. The molecule has 3 N–H and O–H groups in total. The molecule has 0 radical (unpaired) electrons. The number of aryl methyl sites for hydroxylation is 1. The van der Waals surface area contributed by atoms with Gasteiger partial charge in [0.25, 0.3) is 0 Å². The van der Waals surface area contributed by atoms with Crippen molar-refractivity contribution in [3.05, 3.63) is 50.1 Å². The SMILES string of the molecule is COc1ccc(C)cc1C(CN)C(O)c1sccc1Br. The summed E-state index contributed by atoms with van der Waals surface area (Å²) in [6.07, 6.45) is -0.648. The van der Waals surface area contributed by atoms with Gasteiger partial charge in [0.05, 0.1) is 13.2 Å². The van der Waals surface area contributed by atoms with Crippen LogP contribution in [0.2, 0.25) is 0 Å². The van der Waals surface area contributed by atoms with Gasteiger partial charge in [-0.05, 0) is 40.4 Å². The van der Waals surface area contributed by atoms with Crippen molar-refractivity contribution in [2.75, 3.05) is 13.7 Å². The van der Waals surface area contributed by atoms with Gasteiger partial charge in [0.2, 0.25) is 0 Å². The molecule has 20 heavy (non-hydrogen) atoms. The summed E-state index contributed by atoms with van der Waals surface area (Å²) < 4.78 is 6.32. The average Bonchev–Trinajstić information content (AvgIpc) is 2.86. The molecule has 0 aliphatic carbocycles. The number of ether oxygens (including phenoxy) is 1. The number of benzene rings is 1. The van der Waals surface area contributed by atoms with E-state index in [2.05, 4.69) is 15.9 Å². The highest BCUT2D eigenvalue weighted by Gasteiger charge is 2.26. The van der Waals surface area contributed by atoms with Crippen LogP contribution in [0.1, 0.15) is 28.0 Å². The van der Waals surface area contributed by atoms with Crippen molar-refractivity contribution in [2.24, 2.45) is 5.73 Å². The molecule has 1 aromatic heterocycles. The van der Waals surface area contributed by atoms with Crippen LogP contribution in [0.3, 0.4) is 0 Å². The third-order valence-electron chi connectivity index (χ3n) is 3.33. The Labute approximate surface area is 131 Å². The molecule has 2 atom stereocenters. The maximum Gasteiger partial charge on any atom is 0.122 e. The van der Waals surface area contributed by atoms with Gasteiger partial charge in [-0.2, -0.15) is 0 Å². The third kappa shape index (κ3) is 3.06. The Hall–Kier alpha value is -0.880. The Morgan fingerprint density at radius 3 is 2.70 bits per heavy atom. The summed E-state index contributed by atoms with van der Waals surface area (Å²) in [6.45, 7) is 2.37. The number of aliphatic hydroxyl groups excluding tert-OH is 1. The third-order valence-corrected chi connectivity index (χ3v) is 5.27. The van der Waals surface area contributed by atoms with E-state index in [1.165, 1.54) is 11.3 Å². The van der Waals surface area contributed by atoms with E-state index in [0.717, 1.165) is 26.2 Å². The van der Waals surface area contributed by atoms with Crippen LogP contribution in [0.25, 0.3) is 0 Å². The van der Waals surface area contributed by atoms with E-state index in [1.54, 1.807) is 7.11 Å². The minimum atomic E-state index is -0.648. The molecule has 108 valence electrons. The number of methoxy groups -OCH3 is 1. The van der Waals surface area contributed by atoms with Gasteiger partial charge in [-0.15, -0.1) is 11.3 Å². The molecule has 0 amide bonds. The summed E-state index contributed by atoms with van der Waals surface area (Å²) in [6, 6.07) is 7.87. The highest BCUT2D eigenvalue weighted by Crippen LogP contribution is 2.40. The van der Waals surface area contributed by atoms with Crippen molar-refractivity contribution in [1.29, 1.82) is 0 Å². The number of nitrogens with two attached hydrogens (primary N) is 1. The molecule has 2 aromatic rings. The number of hydrogen-bond acceptors (Lipinski definition) is 4. The van der Waals surface area contributed by atoms with E-state index in [9.17, 15) is 5.11 Å². The molecule has 0 aliphatic heterocycles. The monoisotopic (exact) mass is 355 g/mol. The van der Waals surface area contributed by atoms with Crippen LogP contribution in [0.5, 0.6) is 5.75 Å². The molecule has 3 nitrogen and oxygen atoms in total. The standard InChI is InChI=1S/C15H18BrNO2S/c1-9-3-4-13(19-2)10(7-9)11(8-17)14(18)15-12(16)5-6-20-15/h3-7,11,14,18H,8,17H2,1-2H3. The Kier molecular flexibility index (Phi) is 5.21. The van der Waals surface area contributed by atoms with E-state index < -0.39 is 6.10 Å². The molecule has 0 bridgehead atoms. The van der Waals surface area contributed by atoms with Crippen LogP contribution in [0.4, 0.5) is 0 Å². The molecular formula is C15H18BrNO2S. The van der Waals surface area contributed by atoms with Gasteiger partial charge in [-0.25, -0.2) is 0 Å². The predicted molar refractivity (Wildman–Crippen MR) is 86.5 cm³/mol. The average molecular weight is 356 g/mol. The fraction of sp³-hybridized carbons (Fsp3) is 0.333. The molecule has 0 aliphatic rings. The van der Waals surface area contributed by atoms with Crippen LogP contribution in [-0.4, -0.2) is 18.8 Å². The van der Waals surface area contributed by atoms with Gasteiger partial charge >= 0.3 is 0 Å². The van der Waals surface area contributed by atoms with Crippen molar-refractivity contribution >= 4 is 27.3 Å². The van der Waals surface area contributed by atoms with E-state index in [0.29, 0.717) is 6.54 Å². The lowest BCUT2D eigenvalue weighted by molar-refractivity contribution is 0.149. The van der Waals surface area contributed by atoms with Crippen molar-refractivity contribution in [3.8, 4) is 5.75 Å². The van der Waals surface area contributed by atoms with Crippen LogP contribution < -0.4 is 10.5 Å². The van der Waals surface area contributed by atoms with Gasteiger partial charge < -0.3 is 15.6 Å². The van der Waals surface area contributed by atoms with Crippen LogP contribution in [0, 0.1) is 6.92 Å². The second-order valence-corrected chi connectivity index (χ2v) is 6.47. The lowest BCUT2D eigenvalue weighted by atomic mass is 9.90. The first kappa shape index (κ1) is 15.5. The number of thiophene rings is 1. The molecule has 2 unspecified atom stereocenters. The van der Waals surface area contributed by atoms with Gasteiger partial charge in [-0.1, -0.05) is 17.7 Å². The highest BCUT2D eigenvalue weighted by molar-refractivity contribution is 9.10. The topological polar surface area (TPSA) is 55.5 Å². The number of hydrogen-bond donors (Lipinski definition) is 2. The molecular weight excluding hydrogens is 338 g/mol. The molecule has 0 saturated heterocycles. The summed E-state index contributed by atoms with van der Waals surface area (Å²) >= 11 is 4.99. The summed E-state index contributed by atoms with van der Waals surface area (Å²) in [7, 11) is 1.63. The summed E-state index contributed by atoms with van der Waals surface area (Å²) in [4.78, 5) is 0.893. The van der Waals surface area contributed by atoms with Crippen LogP contribution in [-0.2, 0) is 0 Å². The Morgan fingerprint density at radius 2 is 2.15 bits per heavy atom. The van der Waals surface area contributed by atoms with Crippen molar-refractivity contribution in [2.45, 2.75) is 18.9 Å². The summed E-state index contributed by atoms with van der Waals surface area (Å²) in [5.74, 6) is 0.567. The minimum Gasteiger partial charge on any atom is -0.496 e. The first-order valence-corrected chi connectivity index (χ1v) is 8.01. The van der Waals surface area contributed by atoms with E-state index in [-0.39, 0.29) is 5.92 Å². The lowest BCUT2D eigenvalue weighted by Crippen LogP contribution is -2.20. The van der Waals surface area contributed by atoms with Crippen molar-refractivity contribution in [3.63, 3.8) is 0 Å². The molecule has 5 heteroatoms. The zero-order valence-electron chi connectivity index (χ0n) is 11.5. The van der Waals surface area contributed by atoms with Gasteiger partial charge in [0, 0.05) is 27.4 Å². The fourth-order valence-corrected chi connectivity index (χ4v) is 3.93. The maximum atomic E-state index is 10.7. The number of aliphatic hydroxyl groups is 1. The Bertz CT molecular complexity index is 585. The first-order valence-electron chi connectivity index (χ1n) is 6.34. The Morgan fingerprint density at radius 1 is 1.40 bits per heavy atom. The van der Waals surface area contributed by atoms with Gasteiger partial charge in [0.15, 0.2) is 0 Å². The quantitative estimate of drug-likeness (QED) is 0.861. The second kappa shape index (κ2) is 6.72. The van der Waals surface area contributed by atoms with Gasteiger partial charge in [0.1, 0.15) is 5.75 Å². The second-order valence-electron chi connectivity index (χ2n) is 4.67. The lowest BCUT2D eigenvalue weighted by Gasteiger charge is -2.23. The Balaban J connectivity index is 2.42. The molecule has 0 fully saturated rings. The summed E-state index contributed by atoms with van der Waals surface area (Å²) in [5, 5.41) is 12.6. The van der Waals surface area contributed by atoms with Crippen molar-refractivity contribution < 1.29 is 9.84 Å². The maximum absolute atomic E-state index is 10.7. The van der Waals surface area contributed by atoms with E-state index in [1.807, 2.05) is 36.6 Å². The van der Waals surface area contributed by atoms with Gasteiger partial charge in [-0.3, -0.25) is 0 Å². The zero-order valence-corrected chi connectivity index (χ0v) is 13.9. The highest BCUT2D eigenvalue weighted by atomic mass is 79.9. The van der Waals surface area contributed by atoms with E-state index in [4.69, 9.17) is 10.5 Å². The number of rotatable bonds is 5. The van der Waals surface area contributed by atoms with Crippen molar-refractivity contribution in [1.82, 2.24) is 0 Å². The largest absolute Gasteiger partial charge is 0.496 e. The molecule has 1 aromatic carbocycles.